The standard InChI is InChI=1S/C24H29N3O4/c1-4-26(16-22(28)25-20-12-8-9-13-21(20)31-3)24(30)19-14-23(29)27(15-19)17(2)18-10-6-5-7-11-18/h5-13,17,19H,4,14-16H2,1-3H3,(H,25,28). The Bertz CT molecular complexity index is 931. The number of amides is 3. The summed E-state index contributed by atoms with van der Waals surface area (Å²) < 4.78 is 5.25. The fraction of sp³-hybridized carbons (Fsp3) is 0.375. The molecule has 2 unspecified atom stereocenters. The predicted octanol–water partition coefficient (Wildman–Crippen LogP) is 3.09. The molecule has 164 valence electrons. The summed E-state index contributed by atoms with van der Waals surface area (Å²) in [6.07, 6.45) is 0.167. The van der Waals surface area contributed by atoms with Crippen molar-refractivity contribution in [3.05, 3.63) is 60.2 Å². The molecule has 1 N–H and O–H groups in total. The van der Waals surface area contributed by atoms with Gasteiger partial charge in [-0.15, -0.1) is 0 Å². The average Bonchev–Trinajstić information content (AvgIpc) is 3.19. The summed E-state index contributed by atoms with van der Waals surface area (Å²) in [5.41, 5.74) is 1.59. The molecule has 1 fully saturated rings. The molecule has 1 aliphatic heterocycles. The summed E-state index contributed by atoms with van der Waals surface area (Å²) in [6.45, 7) is 4.47. The minimum atomic E-state index is -0.447. The lowest BCUT2D eigenvalue weighted by Crippen LogP contribution is -2.42. The van der Waals surface area contributed by atoms with Crippen LogP contribution in [-0.4, -0.2) is 54.3 Å². The molecule has 3 rings (SSSR count). The second-order valence-electron chi connectivity index (χ2n) is 7.63. The first kappa shape index (κ1) is 22.3. The third kappa shape index (κ3) is 5.23. The van der Waals surface area contributed by atoms with Gasteiger partial charge in [-0.1, -0.05) is 42.5 Å². The first-order valence-electron chi connectivity index (χ1n) is 10.5. The van der Waals surface area contributed by atoms with Crippen LogP contribution in [0.3, 0.4) is 0 Å². The fourth-order valence-electron chi connectivity index (χ4n) is 3.90. The maximum absolute atomic E-state index is 13.1. The van der Waals surface area contributed by atoms with Crippen molar-refractivity contribution in [2.45, 2.75) is 26.3 Å². The van der Waals surface area contributed by atoms with Crippen LogP contribution in [-0.2, 0) is 14.4 Å². The summed E-state index contributed by atoms with van der Waals surface area (Å²) in [6, 6.07) is 16.8. The number of likely N-dealkylation sites (N-methyl/N-ethyl adjacent to an activating group) is 1. The van der Waals surface area contributed by atoms with Gasteiger partial charge in [0, 0.05) is 19.5 Å². The van der Waals surface area contributed by atoms with Gasteiger partial charge in [0.1, 0.15) is 5.75 Å². The maximum atomic E-state index is 13.1. The molecule has 31 heavy (non-hydrogen) atoms. The lowest BCUT2D eigenvalue weighted by molar-refractivity contribution is -0.138. The molecule has 0 aromatic heterocycles. The van der Waals surface area contributed by atoms with Crippen molar-refractivity contribution < 1.29 is 19.1 Å². The number of likely N-dealkylation sites (tertiary alicyclic amines) is 1. The van der Waals surface area contributed by atoms with Crippen LogP contribution in [0.15, 0.2) is 54.6 Å². The van der Waals surface area contributed by atoms with E-state index in [2.05, 4.69) is 5.32 Å². The van der Waals surface area contributed by atoms with E-state index >= 15 is 0 Å². The van der Waals surface area contributed by atoms with Gasteiger partial charge >= 0.3 is 0 Å². The number of methoxy groups -OCH3 is 1. The average molecular weight is 424 g/mol. The third-order valence-electron chi connectivity index (χ3n) is 5.67. The fourth-order valence-corrected chi connectivity index (χ4v) is 3.90. The molecule has 1 saturated heterocycles. The molecule has 7 heteroatoms. The first-order chi connectivity index (χ1) is 14.9. The van der Waals surface area contributed by atoms with E-state index in [4.69, 9.17) is 4.74 Å². The molecule has 2 aromatic rings. The van der Waals surface area contributed by atoms with Crippen molar-refractivity contribution in [3.8, 4) is 5.75 Å². The third-order valence-corrected chi connectivity index (χ3v) is 5.67. The highest BCUT2D eigenvalue weighted by atomic mass is 16.5. The zero-order valence-corrected chi connectivity index (χ0v) is 18.2. The Hall–Kier alpha value is -3.35. The number of benzene rings is 2. The number of hydrogen-bond acceptors (Lipinski definition) is 4. The molecule has 0 bridgehead atoms. The molecule has 1 heterocycles. The van der Waals surface area contributed by atoms with E-state index in [1.165, 1.54) is 12.0 Å². The number of carbonyl (C=O) groups is 3. The largest absolute Gasteiger partial charge is 0.495 e. The van der Waals surface area contributed by atoms with Crippen molar-refractivity contribution in [3.63, 3.8) is 0 Å². The number of nitrogens with zero attached hydrogens (tertiary/aromatic N) is 2. The Labute approximate surface area is 183 Å². The van der Waals surface area contributed by atoms with Gasteiger partial charge in [-0.25, -0.2) is 0 Å². The van der Waals surface area contributed by atoms with Gasteiger partial charge in [-0.3, -0.25) is 14.4 Å². The Morgan fingerprint density at radius 1 is 1.16 bits per heavy atom. The molecule has 0 saturated carbocycles. The van der Waals surface area contributed by atoms with Crippen molar-refractivity contribution in [2.75, 3.05) is 32.1 Å². The van der Waals surface area contributed by atoms with Gasteiger partial charge in [0.05, 0.1) is 31.3 Å². The number of nitrogens with one attached hydrogen (secondary N) is 1. The molecule has 1 aliphatic rings. The summed E-state index contributed by atoms with van der Waals surface area (Å²) in [5, 5.41) is 2.79. The number of para-hydroxylation sites is 2. The van der Waals surface area contributed by atoms with E-state index in [1.54, 1.807) is 23.1 Å². The number of carbonyl (C=O) groups excluding carboxylic acids is 3. The molecule has 2 atom stereocenters. The summed E-state index contributed by atoms with van der Waals surface area (Å²) in [4.78, 5) is 41.5. The van der Waals surface area contributed by atoms with E-state index in [0.717, 1.165) is 5.56 Å². The SMILES string of the molecule is CCN(CC(=O)Nc1ccccc1OC)C(=O)C1CC(=O)N(C(C)c2ccccc2)C1. The van der Waals surface area contributed by atoms with Crippen molar-refractivity contribution in [1.29, 1.82) is 0 Å². The molecule has 7 nitrogen and oxygen atoms in total. The van der Waals surface area contributed by atoms with E-state index in [1.807, 2.05) is 50.2 Å². The second kappa shape index (κ2) is 10.1. The van der Waals surface area contributed by atoms with E-state index < -0.39 is 5.92 Å². The van der Waals surface area contributed by atoms with E-state index in [-0.39, 0.29) is 36.7 Å². The van der Waals surface area contributed by atoms with Crippen LogP contribution in [0.2, 0.25) is 0 Å². The highest BCUT2D eigenvalue weighted by Gasteiger charge is 2.38. The van der Waals surface area contributed by atoms with E-state index in [0.29, 0.717) is 24.5 Å². The highest BCUT2D eigenvalue weighted by Crippen LogP contribution is 2.29. The predicted molar refractivity (Wildman–Crippen MR) is 119 cm³/mol. The topological polar surface area (TPSA) is 79.0 Å². The van der Waals surface area contributed by atoms with Crippen LogP contribution in [0, 0.1) is 5.92 Å². The number of ether oxygens (including phenoxy) is 1. The number of anilines is 1. The lowest BCUT2D eigenvalue weighted by atomic mass is 10.1. The summed E-state index contributed by atoms with van der Waals surface area (Å²) in [7, 11) is 1.53. The van der Waals surface area contributed by atoms with Crippen LogP contribution in [0.1, 0.15) is 31.9 Å². The van der Waals surface area contributed by atoms with E-state index in [9.17, 15) is 14.4 Å². The molecule has 3 amide bonds. The van der Waals surface area contributed by atoms with Crippen molar-refractivity contribution in [2.24, 2.45) is 5.92 Å². The molecule has 0 aliphatic carbocycles. The lowest BCUT2D eigenvalue weighted by Gasteiger charge is -2.27. The minimum absolute atomic E-state index is 0.0378. The Kier molecular flexibility index (Phi) is 7.28. The molecule has 0 spiro atoms. The van der Waals surface area contributed by atoms with Gasteiger partial charge < -0.3 is 19.9 Å². The van der Waals surface area contributed by atoms with Gasteiger partial charge in [0.25, 0.3) is 0 Å². The van der Waals surface area contributed by atoms with Crippen molar-refractivity contribution >= 4 is 23.4 Å². The van der Waals surface area contributed by atoms with Crippen LogP contribution in [0.25, 0.3) is 0 Å². The molecule has 2 aromatic carbocycles. The quantitative estimate of drug-likeness (QED) is 0.708. The van der Waals surface area contributed by atoms with Gasteiger partial charge in [-0.05, 0) is 31.5 Å². The Balaban J connectivity index is 1.62. The minimum Gasteiger partial charge on any atom is -0.495 e. The summed E-state index contributed by atoms with van der Waals surface area (Å²) in [5.74, 6) is -0.411. The Morgan fingerprint density at radius 2 is 1.84 bits per heavy atom. The second-order valence-corrected chi connectivity index (χ2v) is 7.63. The van der Waals surface area contributed by atoms with Gasteiger partial charge in [0.15, 0.2) is 0 Å². The maximum Gasteiger partial charge on any atom is 0.244 e. The molecular weight excluding hydrogens is 394 g/mol. The highest BCUT2D eigenvalue weighted by molar-refractivity contribution is 5.97. The van der Waals surface area contributed by atoms with Crippen LogP contribution < -0.4 is 10.1 Å². The normalized spacial score (nSPS) is 16.7. The van der Waals surface area contributed by atoms with Gasteiger partial charge in [0.2, 0.25) is 17.7 Å². The Morgan fingerprint density at radius 3 is 2.52 bits per heavy atom. The molecule has 0 radical (unpaired) electrons. The number of hydrogen-bond donors (Lipinski definition) is 1. The number of rotatable bonds is 8. The van der Waals surface area contributed by atoms with Crippen LogP contribution in [0.4, 0.5) is 5.69 Å². The van der Waals surface area contributed by atoms with Crippen molar-refractivity contribution in [1.82, 2.24) is 9.80 Å². The molecular formula is C24H29N3O4. The zero-order valence-electron chi connectivity index (χ0n) is 18.2. The van der Waals surface area contributed by atoms with Gasteiger partial charge in [-0.2, -0.15) is 0 Å². The zero-order chi connectivity index (χ0) is 22.4. The monoisotopic (exact) mass is 423 g/mol. The van der Waals surface area contributed by atoms with Crippen LogP contribution >= 0.6 is 0 Å². The summed E-state index contributed by atoms with van der Waals surface area (Å²) >= 11 is 0. The van der Waals surface area contributed by atoms with Crippen LogP contribution in [0.5, 0.6) is 5.75 Å². The smallest absolute Gasteiger partial charge is 0.244 e. The first-order valence-corrected chi connectivity index (χ1v) is 10.5.